The second-order valence-electron chi connectivity index (χ2n) is 5.06. The van der Waals surface area contributed by atoms with Gasteiger partial charge in [0, 0.05) is 0 Å². The van der Waals surface area contributed by atoms with Crippen molar-refractivity contribution in [1.29, 1.82) is 0 Å². The maximum atomic E-state index is 11.0. The summed E-state index contributed by atoms with van der Waals surface area (Å²) < 4.78 is 0. The van der Waals surface area contributed by atoms with Crippen molar-refractivity contribution in [2.75, 3.05) is 0 Å². The van der Waals surface area contributed by atoms with Crippen LogP contribution in [0.2, 0.25) is 0 Å². The Bertz CT molecular complexity index is 237. The van der Waals surface area contributed by atoms with Gasteiger partial charge in [-0.05, 0) is 39.0 Å². The third-order valence-electron chi connectivity index (χ3n) is 3.93. The van der Waals surface area contributed by atoms with Crippen LogP contribution in [-0.2, 0) is 4.79 Å². The molecule has 1 saturated carbocycles. The first-order valence-corrected chi connectivity index (χ1v) is 4.61. The van der Waals surface area contributed by atoms with Crippen molar-refractivity contribution in [3.8, 4) is 0 Å². The van der Waals surface area contributed by atoms with E-state index in [0.29, 0.717) is 0 Å². The third kappa shape index (κ3) is 1.26. The maximum absolute atomic E-state index is 11.0. The fourth-order valence-corrected chi connectivity index (χ4v) is 1.64. The van der Waals surface area contributed by atoms with E-state index >= 15 is 0 Å². The molecule has 0 heterocycles. The molecule has 3 nitrogen and oxygen atoms in total. The van der Waals surface area contributed by atoms with Gasteiger partial charge in [0.05, 0.1) is 11.0 Å². The van der Waals surface area contributed by atoms with E-state index in [1.807, 2.05) is 6.92 Å². The summed E-state index contributed by atoms with van der Waals surface area (Å²) in [6.07, 6.45) is 1.83. The van der Waals surface area contributed by atoms with E-state index in [0.717, 1.165) is 12.8 Å². The average Bonchev–Trinajstić information content (AvgIpc) is 2.68. The van der Waals surface area contributed by atoms with Crippen LogP contribution in [0.25, 0.3) is 0 Å². The van der Waals surface area contributed by atoms with E-state index in [4.69, 9.17) is 5.11 Å². The molecule has 0 amide bonds. The molecule has 0 bridgehead atoms. The van der Waals surface area contributed by atoms with Gasteiger partial charge in [0.2, 0.25) is 0 Å². The third-order valence-corrected chi connectivity index (χ3v) is 3.93. The first-order valence-electron chi connectivity index (χ1n) is 4.61. The van der Waals surface area contributed by atoms with Crippen molar-refractivity contribution < 1.29 is 15.0 Å². The number of rotatable bonds is 3. The van der Waals surface area contributed by atoms with Crippen LogP contribution < -0.4 is 0 Å². The molecule has 1 aliphatic rings. The highest BCUT2D eigenvalue weighted by Gasteiger charge is 2.61. The minimum Gasteiger partial charge on any atom is -0.481 e. The molecule has 2 N–H and O–H groups in total. The summed E-state index contributed by atoms with van der Waals surface area (Å²) in [5.41, 5.74) is -2.43. The Hall–Kier alpha value is -0.570. The highest BCUT2D eigenvalue weighted by Crippen LogP contribution is 2.59. The van der Waals surface area contributed by atoms with Gasteiger partial charge in [-0.15, -0.1) is 0 Å². The molecule has 0 aromatic rings. The topological polar surface area (TPSA) is 57.5 Å². The first kappa shape index (κ1) is 10.5. The van der Waals surface area contributed by atoms with Gasteiger partial charge in [-0.1, -0.05) is 6.92 Å². The molecule has 0 aromatic carbocycles. The van der Waals surface area contributed by atoms with Crippen LogP contribution in [0.5, 0.6) is 0 Å². The fraction of sp³-hybridized carbons (Fsp3) is 0.900. The van der Waals surface area contributed by atoms with Crippen LogP contribution in [0.3, 0.4) is 0 Å². The second-order valence-corrected chi connectivity index (χ2v) is 5.06. The van der Waals surface area contributed by atoms with Gasteiger partial charge < -0.3 is 10.2 Å². The number of aliphatic carboxylic acids is 1. The lowest BCUT2D eigenvalue weighted by atomic mass is 9.67. The number of carboxylic acids is 1. The van der Waals surface area contributed by atoms with E-state index in [2.05, 4.69) is 0 Å². The highest BCUT2D eigenvalue weighted by atomic mass is 16.4. The molecular formula is C10H18O3. The van der Waals surface area contributed by atoms with Crippen LogP contribution in [0.1, 0.15) is 40.5 Å². The summed E-state index contributed by atoms with van der Waals surface area (Å²) in [6.45, 7) is 6.74. The zero-order chi connectivity index (χ0) is 10.5. The second kappa shape index (κ2) is 2.47. The summed E-state index contributed by atoms with van der Waals surface area (Å²) in [6, 6.07) is 0. The van der Waals surface area contributed by atoms with Gasteiger partial charge >= 0.3 is 5.97 Å². The number of hydrogen-bond acceptors (Lipinski definition) is 2. The lowest BCUT2D eigenvalue weighted by Crippen LogP contribution is -2.52. The molecule has 76 valence electrons. The van der Waals surface area contributed by atoms with Crippen molar-refractivity contribution in [2.45, 2.75) is 46.1 Å². The van der Waals surface area contributed by atoms with Crippen molar-refractivity contribution in [3.05, 3.63) is 0 Å². The molecule has 0 spiro atoms. The Morgan fingerprint density at radius 1 is 1.31 bits per heavy atom. The van der Waals surface area contributed by atoms with Gasteiger partial charge in [-0.25, -0.2) is 0 Å². The van der Waals surface area contributed by atoms with Crippen LogP contribution in [0, 0.1) is 10.8 Å². The largest absolute Gasteiger partial charge is 0.481 e. The van der Waals surface area contributed by atoms with Crippen molar-refractivity contribution in [3.63, 3.8) is 0 Å². The first-order chi connectivity index (χ1) is 5.65. The molecule has 1 rings (SSSR count). The summed E-state index contributed by atoms with van der Waals surface area (Å²) in [5, 5.41) is 19.2. The fourth-order valence-electron chi connectivity index (χ4n) is 1.64. The Balaban J connectivity index is 2.98. The number of carbonyl (C=O) groups is 1. The smallest absolute Gasteiger partial charge is 0.312 e. The van der Waals surface area contributed by atoms with Crippen molar-refractivity contribution in [2.24, 2.45) is 10.8 Å². The number of hydrogen-bond donors (Lipinski definition) is 2. The lowest BCUT2D eigenvalue weighted by Gasteiger charge is -2.41. The van der Waals surface area contributed by atoms with E-state index in [1.165, 1.54) is 0 Å². The average molecular weight is 186 g/mol. The highest BCUT2D eigenvalue weighted by molar-refractivity contribution is 5.75. The monoisotopic (exact) mass is 186 g/mol. The summed E-state index contributed by atoms with van der Waals surface area (Å²) in [7, 11) is 0. The lowest BCUT2D eigenvalue weighted by molar-refractivity contribution is -0.171. The van der Waals surface area contributed by atoms with E-state index in [-0.39, 0.29) is 5.41 Å². The zero-order valence-corrected chi connectivity index (χ0v) is 8.72. The standard InChI is InChI=1S/C10H18O3/c1-8(2,7(11)12)10(4,13)9(3)5-6-9/h13H,5-6H2,1-4H3,(H,11,12). The maximum Gasteiger partial charge on any atom is 0.312 e. The van der Waals surface area contributed by atoms with E-state index < -0.39 is 17.0 Å². The Labute approximate surface area is 78.8 Å². The molecule has 1 unspecified atom stereocenters. The quantitative estimate of drug-likeness (QED) is 0.704. The molecule has 1 atom stereocenters. The predicted molar refractivity (Wildman–Crippen MR) is 49.4 cm³/mol. The summed E-state index contributed by atoms with van der Waals surface area (Å²) in [5.74, 6) is -0.939. The predicted octanol–water partition coefficient (Wildman–Crippen LogP) is 1.65. The van der Waals surface area contributed by atoms with Crippen molar-refractivity contribution >= 4 is 5.97 Å². The van der Waals surface area contributed by atoms with Gasteiger partial charge in [0.15, 0.2) is 0 Å². The van der Waals surface area contributed by atoms with Gasteiger partial charge in [0.1, 0.15) is 0 Å². The minimum absolute atomic E-state index is 0.213. The normalized spacial score (nSPS) is 25.0. The van der Waals surface area contributed by atoms with E-state index in [9.17, 15) is 9.90 Å². The van der Waals surface area contributed by atoms with Gasteiger partial charge in [-0.2, -0.15) is 0 Å². The minimum atomic E-state index is -1.13. The molecule has 0 aliphatic heterocycles. The van der Waals surface area contributed by atoms with Crippen LogP contribution in [0.15, 0.2) is 0 Å². The van der Waals surface area contributed by atoms with Crippen LogP contribution in [-0.4, -0.2) is 21.8 Å². The molecular weight excluding hydrogens is 168 g/mol. The molecule has 13 heavy (non-hydrogen) atoms. The Morgan fingerprint density at radius 2 is 1.69 bits per heavy atom. The molecule has 0 saturated heterocycles. The molecule has 0 aromatic heterocycles. The Morgan fingerprint density at radius 3 is 1.92 bits per heavy atom. The van der Waals surface area contributed by atoms with Crippen LogP contribution in [0.4, 0.5) is 0 Å². The number of carboxylic acid groups (broad SMARTS) is 1. The van der Waals surface area contributed by atoms with Crippen molar-refractivity contribution in [1.82, 2.24) is 0 Å². The number of aliphatic hydroxyl groups is 1. The van der Waals surface area contributed by atoms with Gasteiger partial charge in [-0.3, -0.25) is 4.79 Å². The molecule has 1 fully saturated rings. The zero-order valence-electron chi connectivity index (χ0n) is 8.72. The van der Waals surface area contributed by atoms with Crippen LogP contribution >= 0.6 is 0 Å². The summed E-state index contributed by atoms with van der Waals surface area (Å²) in [4.78, 5) is 11.0. The SMILES string of the molecule is CC1(C(C)(O)C(C)(C)C(=O)O)CC1. The summed E-state index contributed by atoms with van der Waals surface area (Å²) >= 11 is 0. The Kier molecular flexibility index (Phi) is 2.00. The molecule has 0 radical (unpaired) electrons. The van der Waals surface area contributed by atoms with E-state index in [1.54, 1.807) is 20.8 Å². The van der Waals surface area contributed by atoms with Gasteiger partial charge in [0.25, 0.3) is 0 Å². The molecule has 1 aliphatic carbocycles. The molecule has 3 heteroatoms.